The van der Waals surface area contributed by atoms with Crippen LogP contribution in [0, 0.1) is 5.82 Å². The summed E-state index contributed by atoms with van der Waals surface area (Å²) in [6, 6.07) is 7.62. The van der Waals surface area contributed by atoms with Crippen LogP contribution in [-0.4, -0.2) is 45.4 Å². The highest BCUT2D eigenvalue weighted by Crippen LogP contribution is 2.37. The average molecular weight is 517 g/mol. The molecule has 0 saturated carbocycles. The van der Waals surface area contributed by atoms with Gasteiger partial charge in [0, 0.05) is 19.2 Å². The third-order valence-corrected chi connectivity index (χ3v) is 4.80. The average Bonchev–Trinajstić information content (AvgIpc) is 2.74. The van der Waals surface area contributed by atoms with Crippen LogP contribution in [0.15, 0.2) is 39.9 Å². The van der Waals surface area contributed by atoms with Gasteiger partial charge >= 0.3 is 11.8 Å². The molecule has 0 fully saturated rings. The zero-order valence-electron chi connectivity index (χ0n) is 16.7. The van der Waals surface area contributed by atoms with Crippen molar-refractivity contribution in [3.05, 3.63) is 56.8 Å². The molecule has 0 heterocycles. The highest BCUT2D eigenvalue weighted by Gasteiger charge is 2.15. The number of carbonyl (C=O) groups excluding carboxylic acids is 2. The molecule has 2 amide bonds. The molecule has 0 aliphatic carbocycles. The van der Waals surface area contributed by atoms with Crippen LogP contribution in [0.2, 0.25) is 5.02 Å². The summed E-state index contributed by atoms with van der Waals surface area (Å²) in [6.45, 7) is 0.381. The Kier molecular flexibility index (Phi) is 9.70. The Morgan fingerprint density at radius 2 is 2.03 bits per heavy atom. The molecule has 0 spiro atoms. The fourth-order valence-electron chi connectivity index (χ4n) is 2.33. The van der Waals surface area contributed by atoms with Gasteiger partial charge in [0.1, 0.15) is 12.4 Å². The van der Waals surface area contributed by atoms with E-state index in [1.807, 2.05) is 0 Å². The number of benzene rings is 2. The van der Waals surface area contributed by atoms with Gasteiger partial charge in [-0.15, -0.1) is 0 Å². The van der Waals surface area contributed by atoms with Crippen LogP contribution in [0.1, 0.15) is 11.1 Å². The van der Waals surface area contributed by atoms with E-state index in [-0.39, 0.29) is 30.3 Å². The van der Waals surface area contributed by atoms with Crippen LogP contribution in [0.3, 0.4) is 0 Å². The zero-order chi connectivity index (χ0) is 22.8. The first-order chi connectivity index (χ1) is 14.9. The summed E-state index contributed by atoms with van der Waals surface area (Å²) in [5.41, 5.74) is 2.88. The predicted octanol–water partition coefficient (Wildman–Crippen LogP) is 3.04. The first kappa shape index (κ1) is 24.6. The highest BCUT2D eigenvalue weighted by atomic mass is 79.9. The van der Waals surface area contributed by atoms with Crippen molar-refractivity contribution in [3.8, 4) is 11.5 Å². The fraction of sp³-hybridized carbons (Fsp3) is 0.250. The Hall–Kier alpha value is -2.69. The maximum Gasteiger partial charge on any atom is 0.329 e. The lowest BCUT2D eigenvalue weighted by Crippen LogP contribution is -2.39. The summed E-state index contributed by atoms with van der Waals surface area (Å²) < 4.78 is 30.3. The zero-order valence-corrected chi connectivity index (χ0v) is 19.0. The van der Waals surface area contributed by atoms with Gasteiger partial charge in [-0.1, -0.05) is 17.7 Å². The minimum absolute atomic E-state index is 0.109. The van der Waals surface area contributed by atoms with Gasteiger partial charge in [0.15, 0.2) is 11.5 Å². The van der Waals surface area contributed by atoms with Crippen molar-refractivity contribution >= 4 is 45.6 Å². The Bertz CT molecular complexity index is 954. The van der Waals surface area contributed by atoms with Crippen molar-refractivity contribution < 1.29 is 28.2 Å². The van der Waals surface area contributed by atoms with Crippen molar-refractivity contribution in [1.82, 2.24) is 10.7 Å². The normalized spacial score (nSPS) is 10.7. The van der Waals surface area contributed by atoms with Crippen molar-refractivity contribution in [3.63, 3.8) is 0 Å². The van der Waals surface area contributed by atoms with E-state index in [1.54, 1.807) is 18.2 Å². The quantitative estimate of drug-likeness (QED) is 0.231. The van der Waals surface area contributed by atoms with Crippen molar-refractivity contribution in [2.24, 2.45) is 5.10 Å². The summed E-state index contributed by atoms with van der Waals surface area (Å²) >= 11 is 9.40. The second-order valence-electron chi connectivity index (χ2n) is 5.97. The molecule has 0 radical (unpaired) electrons. The molecule has 0 unspecified atom stereocenters. The van der Waals surface area contributed by atoms with Crippen LogP contribution in [-0.2, 0) is 20.9 Å². The maximum atomic E-state index is 14.0. The molecule has 2 rings (SSSR count). The molecule has 31 heavy (non-hydrogen) atoms. The standard InChI is InChI=1S/C20H20BrClFN3O5/c1-29-7-6-24-19(27)20(28)26-25-10-12-8-14(21)18(17(9-12)30-2)31-11-13-15(22)4-3-5-16(13)23/h3-5,8-10H,6-7,11H2,1-2H3,(H,24,27)(H,26,28)/b25-10-. The minimum atomic E-state index is -0.917. The van der Waals surface area contributed by atoms with Gasteiger partial charge in [0.05, 0.1) is 29.4 Å². The number of carbonyl (C=O) groups is 2. The van der Waals surface area contributed by atoms with Gasteiger partial charge in [-0.2, -0.15) is 5.10 Å². The monoisotopic (exact) mass is 515 g/mol. The van der Waals surface area contributed by atoms with Crippen LogP contribution < -0.4 is 20.2 Å². The largest absolute Gasteiger partial charge is 0.493 e. The third kappa shape index (κ3) is 7.20. The second-order valence-corrected chi connectivity index (χ2v) is 7.23. The SMILES string of the molecule is COCCNC(=O)C(=O)N/N=C\c1cc(Br)c(OCc2c(F)cccc2Cl)c(OC)c1. The first-order valence-corrected chi connectivity index (χ1v) is 10.1. The Morgan fingerprint density at radius 3 is 2.71 bits per heavy atom. The van der Waals surface area contributed by atoms with Gasteiger partial charge in [-0.3, -0.25) is 9.59 Å². The lowest BCUT2D eigenvalue weighted by atomic mass is 10.2. The Balaban J connectivity index is 2.05. The Morgan fingerprint density at radius 1 is 1.26 bits per heavy atom. The smallest absolute Gasteiger partial charge is 0.329 e. The molecular formula is C20H20BrClFN3O5. The number of hydrogen-bond donors (Lipinski definition) is 2. The lowest BCUT2D eigenvalue weighted by Gasteiger charge is -2.14. The number of amides is 2. The molecule has 8 nitrogen and oxygen atoms in total. The molecule has 166 valence electrons. The van der Waals surface area contributed by atoms with Gasteiger partial charge in [-0.05, 0) is 45.8 Å². The number of hydrazone groups is 1. The molecule has 2 aromatic rings. The molecule has 0 bridgehead atoms. The van der Waals surface area contributed by atoms with Crippen molar-refractivity contribution in [2.45, 2.75) is 6.61 Å². The molecule has 0 saturated heterocycles. The van der Waals surface area contributed by atoms with Crippen molar-refractivity contribution in [1.29, 1.82) is 0 Å². The summed E-state index contributed by atoms with van der Waals surface area (Å²) in [4.78, 5) is 23.2. The summed E-state index contributed by atoms with van der Waals surface area (Å²) in [7, 11) is 2.92. The number of nitrogens with one attached hydrogen (secondary N) is 2. The van der Waals surface area contributed by atoms with E-state index in [0.29, 0.717) is 21.5 Å². The van der Waals surface area contributed by atoms with E-state index < -0.39 is 17.6 Å². The van der Waals surface area contributed by atoms with E-state index in [4.69, 9.17) is 25.8 Å². The topological polar surface area (TPSA) is 98.2 Å². The highest BCUT2D eigenvalue weighted by molar-refractivity contribution is 9.10. The lowest BCUT2D eigenvalue weighted by molar-refractivity contribution is -0.139. The molecule has 0 aromatic heterocycles. The van der Waals surface area contributed by atoms with Crippen LogP contribution in [0.4, 0.5) is 4.39 Å². The second kappa shape index (κ2) is 12.2. The van der Waals surface area contributed by atoms with Crippen LogP contribution >= 0.6 is 27.5 Å². The van der Waals surface area contributed by atoms with Gasteiger partial charge in [0.2, 0.25) is 0 Å². The number of halogens is 3. The van der Waals surface area contributed by atoms with E-state index in [0.717, 1.165) is 0 Å². The maximum absolute atomic E-state index is 14.0. The minimum Gasteiger partial charge on any atom is -0.493 e. The van der Waals surface area contributed by atoms with Gasteiger partial charge < -0.3 is 19.5 Å². The van der Waals surface area contributed by atoms with Gasteiger partial charge in [-0.25, -0.2) is 9.82 Å². The van der Waals surface area contributed by atoms with Crippen LogP contribution in [0.25, 0.3) is 0 Å². The van der Waals surface area contributed by atoms with Crippen LogP contribution in [0.5, 0.6) is 11.5 Å². The summed E-state index contributed by atoms with van der Waals surface area (Å²) in [6.07, 6.45) is 1.32. The summed E-state index contributed by atoms with van der Waals surface area (Å²) in [5, 5.41) is 6.38. The first-order valence-electron chi connectivity index (χ1n) is 8.90. The number of rotatable bonds is 9. The molecule has 0 aliphatic heterocycles. The molecule has 2 aromatic carbocycles. The summed E-state index contributed by atoms with van der Waals surface area (Å²) in [5.74, 6) is -1.55. The van der Waals surface area contributed by atoms with Gasteiger partial charge in [0.25, 0.3) is 0 Å². The fourth-order valence-corrected chi connectivity index (χ4v) is 3.12. The molecule has 0 atom stereocenters. The van der Waals surface area contributed by atoms with E-state index >= 15 is 0 Å². The molecule has 0 aliphatic rings. The third-order valence-electron chi connectivity index (χ3n) is 3.85. The van der Waals surface area contributed by atoms with E-state index in [1.165, 1.54) is 32.6 Å². The number of nitrogens with zero attached hydrogens (tertiary/aromatic N) is 1. The Labute approximate surface area is 191 Å². The molecule has 2 N–H and O–H groups in total. The predicted molar refractivity (Wildman–Crippen MR) is 117 cm³/mol. The number of ether oxygens (including phenoxy) is 3. The number of methoxy groups -OCH3 is 2. The van der Waals surface area contributed by atoms with E-state index in [2.05, 4.69) is 31.8 Å². The molecular weight excluding hydrogens is 497 g/mol. The van der Waals surface area contributed by atoms with Crippen molar-refractivity contribution in [2.75, 3.05) is 27.4 Å². The number of hydrogen-bond acceptors (Lipinski definition) is 6. The van der Waals surface area contributed by atoms with E-state index in [9.17, 15) is 14.0 Å². The molecule has 11 heteroatoms.